The fourth-order valence-electron chi connectivity index (χ4n) is 0.446. The highest BCUT2D eigenvalue weighted by molar-refractivity contribution is 5.74. The molecule has 7 nitrogen and oxygen atoms in total. The molecule has 0 aromatic heterocycles. The lowest BCUT2D eigenvalue weighted by atomic mass is 10.3. The van der Waals surface area contributed by atoms with E-state index in [-0.39, 0.29) is 0 Å². The van der Waals surface area contributed by atoms with Crippen LogP contribution in [0.4, 0.5) is 0 Å². The van der Waals surface area contributed by atoms with Gasteiger partial charge in [0.25, 0.3) is 0 Å². The van der Waals surface area contributed by atoms with Crippen molar-refractivity contribution in [3.05, 3.63) is 0 Å². The SMILES string of the molecule is NC(C(=O)O)C1N=NN=N1. The van der Waals surface area contributed by atoms with Crippen LogP contribution in [0.15, 0.2) is 20.7 Å². The lowest BCUT2D eigenvalue weighted by Crippen LogP contribution is -2.38. The van der Waals surface area contributed by atoms with Crippen molar-refractivity contribution in [3.63, 3.8) is 0 Å². The smallest absolute Gasteiger partial charge is 0.324 e. The van der Waals surface area contributed by atoms with Gasteiger partial charge in [-0.2, -0.15) is 0 Å². The summed E-state index contributed by atoms with van der Waals surface area (Å²) in [4.78, 5) is 10.2. The lowest BCUT2D eigenvalue weighted by Gasteiger charge is -2.04. The van der Waals surface area contributed by atoms with Gasteiger partial charge in [-0.05, 0) is 10.4 Å². The van der Waals surface area contributed by atoms with Gasteiger partial charge in [0, 0.05) is 0 Å². The third kappa shape index (κ3) is 1.13. The summed E-state index contributed by atoms with van der Waals surface area (Å²) in [6.07, 6.45) is -0.850. The normalized spacial score (nSPS) is 19.7. The van der Waals surface area contributed by atoms with Crippen LogP contribution in [0.2, 0.25) is 0 Å². The Morgan fingerprint density at radius 1 is 1.50 bits per heavy atom. The van der Waals surface area contributed by atoms with Crippen LogP contribution in [0.1, 0.15) is 0 Å². The van der Waals surface area contributed by atoms with Gasteiger partial charge in [-0.25, -0.2) is 0 Å². The summed E-state index contributed by atoms with van der Waals surface area (Å²) >= 11 is 0. The van der Waals surface area contributed by atoms with Gasteiger partial charge in [-0.3, -0.25) is 4.79 Å². The average Bonchev–Trinajstić information content (AvgIpc) is 2.36. The van der Waals surface area contributed by atoms with Crippen LogP contribution in [-0.2, 0) is 4.79 Å². The molecular weight excluding hydrogens is 138 g/mol. The molecule has 0 radical (unpaired) electrons. The Kier molecular flexibility index (Phi) is 1.67. The molecule has 54 valence electrons. The van der Waals surface area contributed by atoms with E-state index in [9.17, 15) is 4.79 Å². The summed E-state index contributed by atoms with van der Waals surface area (Å²) < 4.78 is 0. The number of hydrogen-bond acceptors (Lipinski definition) is 6. The number of nitrogens with zero attached hydrogens (tertiary/aromatic N) is 4. The number of rotatable bonds is 2. The quantitative estimate of drug-likeness (QED) is 0.546. The molecule has 1 unspecified atom stereocenters. The summed E-state index contributed by atoms with van der Waals surface area (Å²) in [6, 6.07) is -1.14. The first-order chi connectivity index (χ1) is 4.72. The van der Waals surface area contributed by atoms with Crippen molar-refractivity contribution >= 4 is 5.97 Å². The molecule has 0 aromatic rings. The van der Waals surface area contributed by atoms with E-state index in [0.717, 1.165) is 0 Å². The standard InChI is InChI=1S/C3H5N5O2/c4-1(3(9)10)2-5-7-8-6-2/h1-2H,4H2,(H,9,10). The van der Waals surface area contributed by atoms with Gasteiger partial charge in [0.15, 0.2) is 0 Å². The van der Waals surface area contributed by atoms with Crippen LogP contribution < -0.4 is 5.73 Å². The van der Waals surface area contributed by atoms with Crippen LogP contribution in [0, 0.1) is 0 Å². The van der Waals surface area contributed by atoms with E-state index >= 15 is 0 Å². The predicted molar refractivity (Wildman–Crippen MR) is 29.1 cm³/mol. The largest absolute Gasteiger partial charge is 0.480 e. The predicted octanol–water partition coefficient (Wildman–Crippen LogP) is -0.443. The molecule has 3 N–H and O–H groups in total. The Morgan fingerprint density at radius 3 is 2.40 bits per heavy atom. The number of nitrogens with two attached hydrogens (primary N) is 1. The molecule has 0 aromatic carbocycles. The molecule has 0 fully saturated rings. The van der Waals surface area contributed by atoms with Gasteiger partial charge >= 0.3 is 5.97 Å². The Hall–Kier alpha value is -1.37. The molecule has 1 heterocycles. The van der Waals surface area contributed by atoms with E-state index in [1.807, 2.05) is 0 Å². The molecule has 0 spiro atoms. The molecule has 1 rings (SSSR count). The van der Waals surface area contributed by atoms with Crippen molar-refractivity contribution in [1.82, 2.24) is 0 Å². The minimum atomic E-state index is -1.16. The van der Waals surface area contributed by atoms with Gasteiger partial charge in [-0.1, -0.05) is 0 Å². The molecule has 1 aliphatic heterocycles. The van der Waals surface area contributed by atoms with Crippen molar-refractivity contribution in [2.24, 2.45) is 26.4 Å². The number of carboxylic acid groups (broad SMARTS) is 1. The monoisotopic (exact) mass is 143 g/mol. The van der Waals surface area contributed by atoms with E-state index in [1.54, 1.807) is 0 Å². The maximum absolute atomic E-state index is 10.2. The Labute approximate surface area is 55.6 Å². The summed E-state index contributed by atoms with van der Waals surface area (Å²) in [7, 11) is 0. The first kappa shape index (κ1) is 6.75. The molecule has 0 amide bonds. The second kappa shape index (κ2) is 2.48. The van der Waals surface area contributed by atoms with Crippen LogP contribution in [0.3, 0.4) is 0 Å². The highest BCUT2D eigenvalue weighted by Gasteiger charge is 2.25. The van der Waals surface area contributed by atoms with Crippen molar-refractivity contribution in [3.8, 4) is 0 Å². The number of carboxylic acids is 1. The number of hydrogen-bond donors (Lipinski definition) is 2. The molecule has 0 saturated heterocycles. The zero-order chi connectivity index (χ0) is 7.56. The second-order valence-electron chi connectivity index (χ2n) is 1.69. The fourth-order valence-corrected chi connectivity index (χ4v) is 0.446. The van der Waals surface area contributed by atoms with Crippen LogP contribution >= 0.6 is 0 Å². The minimum Gasteiger partial charge on any atom is -0.480 e. The van der Waals surface area contributed by atoms with Crippen molar-refractivity contribution in [2.45, 2.75) is 12.2 Å². The van der Waals surface area contributed by atoms with Crippen molar-refractivity contribution < 1.29 is 9.90 Å². The van der Waals surface area contributed by atoms with Crippen LogP contribution in [0.25, 0.3) is 0 Å². The highest BCUT2D eigenvalue weighted by atomic mass is 16.4. The fraction of sp³-hybridized carbons (Fsp3) is 0.667. The van der Waals surface area contributed by atoms with E-state index < -0.39 is 18.2 Å². The zero-order valence-corrected chi connectivity index (χ0v) is 4.88. The highest BCUT2D eigenvalue weighted by Crippen LogP contribution is 2.07. The summed E-state index contributed by atoms with van der Waals surface area (Å²) in [5.41, 5.74) is 5.11. The first-order valence-electron chi connectivity index (χ1n) is 2.50. The lowest BCUT2D eigenvalue weighted by molar-refractivity contribution is -0.138. The summed E-state index contributed by atoms with van der Waals surface area (Å²) in [5, 5.41) is 21.2. The van der Waals surface area contributed by atoms with Gasteiger partial charge in [-0.15, -0.1) is 10.2 Å². The van der Waals surface area contributed by atoms with Crippen molar-refractivity contribution in [2.75, 3.05) is 0 Å². The maximum Gasteiger partial charge on any atom is 0.324 e. The topological polar surface area (TPSA) is 113 Å². The number of aliphatic carboxylic acids is 1. The van der Waals surface area contributed by atoms with E-state index in [0.29, 0.717) is 0 Å². The first-order valence-corrected chi connectivity index (χ1v) is 2.50. The van der Waals surface area contributed by atoms with Gasteiger partial charge in [0.2, 0.25) is 6.17 Å². The Balaban J connectivity index is 2.57. The van der Waals surface area contributed by atoms with Gasteiger partial charge in [0.05, 0.1) is 0 Å². The second-order valence-corrected chi connectivity index (χ2v) is 1.69. The van der Waals surface area contributed by atoms with Crippen molar-refractivity contribution in [1.29, 1.82) is 0 Å². The molecular formula is C3H5N5O2. The molecule has 0 saturated carbocycles. The van der Waals surface area contributed by atoms with Crippen LogP contribution in [0.5, 0.6) is 0 Å². The van der Waals surface area contributed by atoms with E-state index in [1.165, 1.54) is 0 Å². The Bertz CT molecular complexity index is 187. The Morgan fingerprint density at radius 2 is 2.00 bits per heavy atom. The zero-order valence-electron chi connectivity index (χ0n) is 4.88. The molecule has 7 heteroatoms. The maximum atomic E-state index is 10.2. The summed E-state index contributed by atoms with van der Waals surface area (Å²) in [5.74, 6) is -1.16. The third-order valence-corrected chi connectivity index (χ3v) is 0.986. The van der Waals surface area contributed by atoms with Crippen LogP contribution in [-0.4, -0.2) is 23.3 Å². The van der Waals surface area contributed by atoms with Gasteiger partial charge < -0.3 is 10.8 Å². The minimum absolute atomic E-state index is 0.850. The molecule has 1 atom stereocenters. The summed E-state index contributed by atoms with van der Waals surface area (Å²) in [6.45, 7) is 0. The molecule has 1 aliphatic rings. The third-order valence-electron chi connectivity index (χ3n) is 0.986. The van der Waals surface area contributed by atoms with Gasteiger partial charge in [0.1, 0.15) is 6.04 Å². The molecule has 10 heavy (non-hydrogen) atoms. The number of carbonyl (C=O) groups is 1. The molecule has 0 aliphatic carbocycles. The molecule has 0 bridgehead atoms. The average molecular weight is 143 g/mol. The van der Waals surface area contributed by atoms with E-state index in [4.69, 9.17) is 10.8 Å². The van der Waals surface area contributed by atoms with E-state index in [2.05, 4.69) is 20.7 Å².